The molecule has 2 aliphatic rings. The highest BCUT2D eigenvalue weighted by molar-refractivity contribution is 7.99. The molecule has 3 unspecified atom stereocenters. The molecule has 2 aromatic heterocycles. The van der Waals surface area contributed by atoms with E-state index in [9.17, 15) is 34.2 Å². The van der Waals surface area contributed by atoms with Crippen LogP contribution >= 0.6 is 19.6 Å². The number of aromatic amines is 1. The summed E-state index contributed by atoms with van der Waals surface area (Å²) in [6.45, 7) is -0.395. The number of rotatable bonds is 6. The molecule has 4 heterocycles. The van der Waals surface area contributed by atoms with E-state index in [1.807, 2.05) is 0 Å². The van der Waals surface area contributed by atoms with Gasteiger partial charge in [-0.25, -0.2) is 4.98 Å². The first kappa shape index (κ1) is 25.8. The minimum Gasteiger partial charge on any atom is -0.756 e. The number of aromatic nitrogens is 4. The van der Waals surface area contributed by atoms with Gasteiger partial charge in [-0.3, -0.25) is 23.7 Å². The van der Waals surface area contributed by atoms with Gasteiger partial charge in [0.25, 0.3) is 13.4 Å². The first-order chi connectivity index (χ1) is 17.5. The molecule has 16 nitrogen and oxygen atoms in total. The van der Waals surface area contributed by atoms with Crippen molar-refractivity contribution in [2.24, 2.45) is 0 Å². The maximum Gasteiger partial charge on any atom is 0.488 e. The second-order valence-corrected chi connectivity index (χ2v) is 10.4. The molecule has 5 atom stereocenters. The number of aliphatic hydroxyl groups is 1. The van der Waals surface area contributed by atoms with Crippen LogP contribution in [0.1, 0.15) is 6.23 Å². The van der Waals surface area contributed by atoms with E-state index in [4.69, 9.17) is 15.0 Å². The molecule has 196 valence electrons. The van der Waals surface area contributed by atoms with Gasteiger partial charge in [-0.15, -0.1) is 0 Å². The first-order valence-electron chi connectivity index (χ1n) is 10.7. The zero-order valence-corrected chi connectivity index (χ0v) is 20.3. The van der Waals surface area contributed by atoms with Crippen molar-refractivity contribution >= 4 is 60.9 Å². The number of amides is 1. The summed E-state index contributed by atoms with van der Waals surface area (Å²) < 4.78 is 28.3. The van der Waals surface area contributed by atoms with E-state index in [0.29, 0.717) is 5.69 Å². The van der Waals surface area contributed by atoms with Crippen molar-refractivity contribution in [3.8, 4) is 0 Å². The summed E-state index contributed by atoms with van der Waals surface area (Å²) in [7, 11) is -6.35. The second-order valence-electron chi connectivity index (χ2n) is 8.09. The zero-order valence-electron chi connectivity index (χ0n) is 18.6. The van der Waals surface area contributed by atoms with Crippen molar-refractivity contribution in [1.29, 1.82) is 0 Å². The number of thioether (sulfide) groups is 1. The third-order valence-corrected chi connectivity index (χ3v) is 7.47. The summed E-state index contributed by atoms with van der Waals surface area (Å²) >= 11 is 0.875. The van der Waals surface area contributed by atoms with E-state index in [1.54, 1.807) is 6.07 Å². The number of anilines is 2. The van der Waals surface area contributed by atoms with Gasteiger partial charge in [0.1, 0.15) is 18.3 Å². The van der Waals surface area contributed by atoms with E-state index in [2.05, 4.69) is 24.8 Å². The molecule has 0 aliphatic carbocycles. The number of phosphoric ester groups is 1. The molecule has 37 heavy (non-hydrogen) atoms. The molecule has 0 bridgehead atoms. The van der Waals surface area contributed by atoms with Crippen LogP contribution in [0.15, 0.2) is 34.2 Å². The van der Waals surface area contributed by atoms with Gasteiger partial charge in [0, 0.05) is 5.69 Å². The summed E-state index contributed by atoms with van der Waals surface area (Å²) in [5.74, 6) is -0.971. The average molecular weight is 553 g/mol. The van der Waals surface area contributed by atoms with E-state index in [1.165, 1.54) is 22.8 Å². The zero-order chi connectivity index (χ0) is 26.5. The Labute approximate surface area is 211 Å². The number of hydrogen-bond donors (Lipinski definition) is 6. The van der Waals surface area contributed by atoms with Crippen molar-refractivity contribution in [2.75, 3.05) is 23.4 Å². The van der Waals surface area contributed by atoms with Crippen LogP contribution in [0.5, 0.6) is 0 Å². The Balaban J connectivity index is 1.43. The molecule has 2 aliphatic heterocycles. The topological polar surface area (TPSA) is 247 Å². The molecule has 7 N–H and O–H groups in total. The Morgan fingerprint density at radius 3 is 2.95 bits per heavy atom. The predicted octanol–water partition coefficient (Wildman–Crippen LogP) is -2.75. The Kier molecular flexibility index (Phi) is 6.86. The number of nitrogens with zero attached hydrogens (tertiary/aromatic N) is 3. The van der Waals surface area contributed by atoms with Crippen molar-refractivity contribution in [2.45, 2.75) is 29.7 Å². The average Bonchev–Trinajstić information content (AvgIpc) is 3.34. The molecule has 0 saturated carbocycles. The second kappa shape index (κ2) is 9.82. The number of hydrogen-bond acceptors (Lipinski definition) is 14. The van der Waals surface area contributed by atoms with E-state index < -0.39 is 57.6 Å². The van der Waals surface area contributed by atoms with Gasteiger partial charge in [-0.1, -0.05) is 23.9 Å². The molecule has 3 aromatic rings. The van der Waals surface area contributed by atoms with Crippen LogP contribution in [0, 0.1) is 0 Å². The minimum atomic E-state index is -4.64. The molecular formula is C18H19BN6O10PS-. The van der Waals surface area contributed by atoms with Crippen LogP contribution in [0.3, 0.4) is 0 Å². The summed E-state index contributed by atoms with van der Waals surface area (Å²) in [5.41, 5.74) is 5.28. The van der Waals surface area contributed by atoms with E-state index in [-0.39, 0.29) is 33.5 Å². The van der Waals surface area contributed by atoms with Crippen molar-refractivity contribution in [3.05, 3.63) is 34.6 Å². The van der Waals surface area contributed by atoms with Gasteiger partial charge in [-0.05, 0) is 17.6 Å². The number of H-pyrrole nitrogens is 1. The lowest BCUT2D eigenvalue weighted by atomic mass is 9.80. The van der Waals surface area contributed by atoms with E-state index in [0.717, 1.165) is 11.8 Å². The van der Waals surface area contributed by atoms with Crippen molar-refractivity contribution < 1.29 is 43.2 Å². The number of nitrogens with one attached hydrogen (secondary N) is 2. The summed E-state index contributed by atoms with van der Waals surface area (Å²) in [6, 6.07) is 5.94. The molecular weight excluding hydrogens is 534 g/mol. The predicted molar refractivity (Wildman–Crippen MR) is 127 cm³/mol. The lowest BCUT2D eigenvalue weighted by Crippen LogP contribution is -2.41. The first-order valence-corrected chi connectivity index (χ1v) is 13.1. The van der Waals surface area contributed by atoms with E-state index >= 15 is 0 Å². The number of phosphoric acid groups is 1. The number of carbonyl (C=O) groups excluding carboxylic acids is 1. The lowest BCUT2D eigenvalue weighted by Gasteiger charge is -2.34. The summed E-state index contributed by atoms with van der Waals surface area (Å²) in [4.78, 5) is 47.4. The molecule has 0 spiro atoms. The van der Waals surface area contributed by atoms with Gasteiger partial charge < -0.3 is 44.9 Å². The highest BCUT2D eigenvalue weighted by atomic mass is 32.2. The smallest absolute Gasteiger partial charge is 0.488 e. The summed E-state index contributed by atoms with van der Waals surface area (Å²) in [5, 5.41) is 32.1. The number of aliphatic hydroxyl groups excluding tert-OH is 1. The largest absolute Gasteiger partial charge is 0.756 e. The fourth-order valence-electron chi connectivity index (χ4n) is 3.96. The van der Waals surface area contributed by atoms with Crippen LogP contribution in [0.25, 0.3) is 11.2 Å². The quantitative estimate of drug-likeness (QED) is 0.103. The molecule has 2 saturated heterocycles. The van der Waals surface area contributed by atoms with Crippen LogP contribution < -0.4 is 27.0 Å². The number of ether oxygens (including phenoxy) is 1. The summed E-state index contributed by atoms with van der Waals surface area (Å²) in [6.07, 6.45) is -5.07. The molecule has 19 heteroatoms. The third-order valence-electron chi connectivity index (χ3n) is 5.55. The third kappa shape index (κ3) is 5.15. The number of nitrogen functional groups attached to an aromatic ring is 1. The maximum absolute atomic E-state index is 12.6. The molecule has 5 rings (SSSR count). The molecule has 2 fully saturated rings. The minimum absolute atomic E-state index is 0.0437. The van der Waals surface area contributed by atoms with Crippen molar-refractivity contribution in [1.82, 2.24) is 19.5 Å². The normalized spacial score (nSPS) is 27.2. The van der Waals surface area contributed by atoms with Crippen LogP contribution in [-0.2, 0) is 23.1 Å². The van der Waals surface area contributed by atoms with Gasteiger partial charge in [0.2, 0.25) is 11.9 Å². The number of carbonyl (C=O) groups is 1. The van der Waals surface area contributed by atoms with Crippen LogP contribution in [0.4, 0.5) is 11.6 Å². The molecule has 1 aromatic carbocycles. The fourth-order valence-corrected chi connectivity index (χ4v) is 5.72. The maximum atomic E-state index is 12.6. The number of nitrogens with two attached hydrogens (primary N) is 1. The Morgan fingerprint density at radius 2 is 2.19 bits per heavy atom. The fraction of sp³-hybridized carbons (Fsp3) is 0.333. The number of benzene rings is 1. The highest BCUT2D eigenvalue weighted by Gasteiger charge is 2.51. The molecule has 1 amide bonds. The Bertz CT molecular complexity index is 1470. The Hall–Kier alpha value is -2.80. The van der Waals surface area contributed by atoms with Gasteiger partial charge >= 0.3 is 7.12 Å². The van der Waals surface area contributed by atoms with Crippen molar-refractivity contribution in [3.63, 3.8) is 0 Å². The van der Waals surface area contributed by atoms with Gasteiger partial charge in [0.05, 0.1) is 12.4 Å². The Morgan fingerprint density at radius 1 is 1.41 bits per heavy atom. The highest BCUT2D eigenvalue weighted by Crippen LogP contribution is 2.50. The van der Waals surface area contributed by atoms with Crippen LogP contribution in [0.2, 0.25) is 0 Å². The van der Waals surface area contributed by atoms with Gasteiger partial charge in [-0.2, -0.15) is 4.98 Å². The van der Waals surface area contributed by atoms with Gasteiger partial charge in [0.15, 0.2) is 22.5 Å². The lowest BCUT2D eigenvalue weighted by molar-refractivity contribution is -0.245. The molecule has 0 radical (unpaired) electrons. The monoisotopic (exact) mass is 553 g/mol. The standard InChI is InChI=1S/C18H20BN6O10PS/c20-17-23-14-11(15(28)24-17)22-18(37-6-10(26)21-8-3-1-2-7(4-8)19(29)30)25(14)16-12(27)13-9(34-16)5-33-36(31,32)35-13/h1-4,9,12-13,16,27,29-30H,5-6H2,(H,21,26)(H,31,32)(H3,20,23,24,28)/p-1/t9?,12?,13-,16-/m1/s1. The number of fused-ring (bicyclic) bond motifs is 2. The SMILES string of the molecule is Nc1nc2c(nc(SCC(=O)Nc3cccc(B(O)O)c3)n2[C@@H]2OC3COP(=O)([O-])O[C@H]3C2O)c(=O)[nH]1. The number of imidazole rings is 1. The van der Waals surface area contributed by atoms with Crippen LogP contribution in [-0.4, -0.2) is 78.4 Å².